The second kappa shape index (κ2) is 9.19. The van der Waals surface area contributed by atoms with Crippen molar-refractivity contribution in [2.75, 3.05) is 13.2 Å². The summed E-state index contributed by atoms with van der Waals surface area (Å²) < 4.78 is 9.66. The molecule has 0 amide bonds. The van der Waals surface area contributed by atoms with Crippen LogP contribution >= 0.6 is 0 Å². The molecular formula is C12H22O4. The number of carbonyl (C=O) groups is 2. The Hall–Kier alpha value is -1.06. The predicted molar refractivity (Wildman–Crippen MR) is 60.9 cm³/mol. The van der Waals surface area contributed by atoms with Crippen molar-refractivity contribution in [2.45, 2.75) is 46.5 Å². The summed E-state index contributed by atoms with van der Waals surface area (Å²) in [5.74, 6) is -0.0644. The number of rotatable bonds is 8. The summed E-state index contributed by atoms with van der Waals surface area (Å²) >= 11 is 0. The predicted octanol–water partition coefficient (Wildman–Crippen LogP) is 2.31. The van der Waals surface area contributed by atoms with Crippen LogP contribution in [0.5, 0.6) is 0 Å². The molecule has 0 aliphatic heterocycles. The van der Waals surface area contributed by atoms with Crippen molar-refractivity contribution in [1.29, 1.82) is 0 Å². The minimum atomic E-state index is -0.161. The van der Waals surface area contributed by atoms with Crippen molar-refractivity contribution in [3.05, 3.63) is 0 Å². The molecule has 0 radical (unpaired) electrons. The first-order valence-electron chi connectivity index (χ1n) is 5.91. The van der Waals surface area contributed by atoms with E-state index in [4.69, 9.17) is 9.47 Å². The zero-order valence-corrected chi connectivity index (χ0v) is 10.5. The highest BCUT2D eigenvalue weighted by Crippen LogP contribution is 2.13. The van der Waals surface area contributed by atoms with Gasteiger partial charge in [-0.1, -0.05) is 6.92 Å². The van der Waals surface area contributed by atoms with Crippen LogP contribution in [0, 0.1) is 5.92 Å². The summed E-state index contributed by atoms with van der Waals surface area (Å²) in [7, 11) is 0. The number of ether oxygens (including phenoxy) is 2. The molecule has 0 aliphatic rings. The van der Waals surface area contributed by atoms with E-state index in [0.717, 1.165) is 12.8 Å². The standard InChI is InChI=1S/C12H22O4/c1-4-15-11(13)8-6-7-10(3)9-12(14)16-5-2/h10H,4-9H2,1-3H3/t10-/m0/s1. The van der Waals surface area contributed by atoms with Crippen molar-refractivity contribution in [2.24, 2.45) is 5.92 Å². The molecule has 0 bridgehead atoms. The van der Waals surface area contributed by atoms with Gasteiger partial charge in [0.15, 0.2) is 0 Å². The van der Waals surface area contributed by atoms with E-state index in [-0.39, 0.29) is 17.9 Å². The largest absolute Gasteiger partial charge is 0.466 e. The van der Waals surface area contributed by atoms with Gasteiger partial charge in [0.05, 0.1) is 13.2 Å². The Bertz CT molecular complexity index is 213. The first kappa shape index (κ1) is 14.9. The molecule has 0 saturated carbocycles. The molecule has 0 heterocycles. The molecule has 4 heteroatoms. The SMILES string of the molecule is CCOC(=O)CCC[C@H](C)CC(=O)OCC. The van der Waals surface area contributed by atoms with E-state index in [1.807, 2.05) is 6.92 Å². The zero-order chi connectivity index (χ0) is 12.4. The summed E-state index contributed by atoms with van der Waals surface area (Å²) in [6.45, 7) is 6.43. The molecule has 0 fully saturated rings. The Morgan fingerprint density at radius 1 is 1.06 bits per heavy atom. The van der Waals surface area contributed by atoms with Crippen molar-refractivity contribution in [3.63, 3.8) is 0 Å². The zero-order valence-electron chi connectivity index (χ0n) is 10.5. The molecule has 0 N–H and O–H groups in total. The molecular weight excluding hydrogens is 208 g/mol. The van der Waals surface area contributed by atoms with E-state index in [0.29, 0.717) is 26.1 Å². The topological polar surface area (TPSA) is 52.6 Å². The Labute approximate surface area is 97.3 Å². The van der Waals surface area contributed by atoms with E-state index in [9.17, 15) is 9.59 Å². The smallest absolute Gasteiger partial charge is 0.306 e. The summed E-state index contributed by atoms with van der Waals surface area (Å²) in [4.78, 5) is 22.2. The maximum absolute atomic E-state index is 11.1. The molecule has 0 saturated heterocycles. The Kier molecular flexibility index (Phi) is 8.58. The van der Waals surface area contributed by atoms with Crippen LogP contribution in [0.15, 0.2) is 0 Å². The molecule has 0 aromatic carbocycles. The molecule has 0 aliphatic carbocycles. The van der Waals surface area contributed by atoms with Gasteiger partial charge in [-0.05, 0) is 32.6 Å². The highest BCUT2D eigenvalue weighted by Gasteiger charge is 2.10. The second-order valence-corrected chi connectivity index (χ2v) is 3.81. The van der Waals surface area contributed by atoms with Gasteiger partial charge in [-0.3, -0.25) is 9.59 Å². The van der Waals surface area contributed by atoms with Crippen LogP contribution in [0.25, 0.3) is 0 Å². The summed E-state index contributed by atoms with van der Waals surface area (Å²) in [5.41, 5.74) is 0. The highest BCUT2D eigenvalue weighted by atomic mass is 16.5. The molecule has 0 spiro atoms. The van der Waals surface area contributed by atoms with Crippen LogP contribution in [-0.2, 0) is 19.1 Å². The summed E-state index contributed by atoms with van der Waals surface area (Å²) in [5, 5.41) is 0. The molecule has 1 atom stereocenters. The third-order valence-electron chi connectivity index (χ3n) is 2.20. The van der Waals surface area contributed by atoms with E-state index < -0.39 is 0 Å². The first-order valence-corrected chi connectivity index (χ1v) is 5.91. The van der Waals surface area contributed by atoms with Crippen LogP contribution in [0.3, 0.4) is 0 Å². The van der Waals surface area contributed by atoms with E-state index in [1.54, 1.807) is 13.8 Å². The maximum Gasteiger partial charge on any atom is 0.306 e. The lowest BCUT2D eigenvalue weighted by atomic mass is 10.0. The average Bonchev–Trinajstić information content (AvgIpc) is 2.18. The molecule has 0 unspecified atom stereocenters. The third kappa shape index (κ3) is 8.26. The van der Waals surface area contributed by atoms with Crippen molar-refractivity contribution in [3.8, 4) is 0 Å². The van der Waals surface area contributed by atoms with Gasteiger partial charge >= 0.3 is 11.9 Å². The fraction of sp³-hybridized carbons (Fsp3) is 0.833. The maximum atomic E-state index is 11.1. The van der Waals surface area contributed by atoms with Gasteiger partial charge in [-0.15, -0.1) is 0 Å². The molecule has 16 heavy (non-hydrogen) atoms. The van der Waals surface area contributed by atoms with Crippen LogP contribution < -0.4 is 0 Å². The average molecular weight is 230 g/mol. The number of carbonyl (C=O) groups excluding carboxylic acids is 2. The van der Waals surface area contributed by atoms with Gasteiger partial charge in [-0.2, -0.15) is 0 Å². The van der Waals surface area contributed by atoms with Crippen molar-refractivity contribution in [1.82, 2.24) is 0 Å². The normalized spacial score (nSPS) is 11.9. The number of hydrogen-bond donors (Lipinski definition) is 0. The van der Waals surface area contributed by atoms with Gasteiger partial charge in [0.1, 0.15) is 0 Å². The van der Waals surface area contributed by atoms with E-state index >= 15 is 0 Å². The van der Waals surface area contributed by atoms with Crippen molar-refractivity contribution >= 4 is 11.9 Å². The van der Waals surface area contributed by atoms with Crippen LogP contribution in [-0.4, -0.2) is 25.2 Å². The lowest BCUT2D eigenvalue weighted by Gasteiger charge is -2.09. The van der Waals surface area contributed by atoms with Gasteiger partial charge in [0.25, 0.3) is 0 Å². The number of esters is 2. The van der Waals surface area contributed by atoms with E-state index in [2.05, 4.69) is 0 Å². The Morgan fingerprint density at radius 2 is 1.62 bits per heavy atom. The van der Waals surface area contributed by atoms with Crippen LogP contribution in [0.2, 0.25) is 0 Å². The molecule has 0 rings (SSSR count). The van der Waals surface area contributed by atoms with Crippen LogP contribution in [0.1, 0.15) is 46.5 Å². The minimum absolute atomic E-state index is 0.161. The lowest BCUT2D eigenvalue weighted by molar-refractivity contribution is -0.144. The molecule has 0 aromatic heterocycles. The molecule has 0 aromatic rings. The minimum Gasteiger partial charge on any atom is -0.466 e. The first-order chi connectivity index (χ1) is 7.60. The van der Waals surface area contributed by atoms with E-state index in [1.165, 1.54) is 0 Å². The summed E-state index contributed by atoms with van der Waals surface area (Å²) in [6.07, 6.45) is 2.47. The van der Waals surface area contributed by atoms with Gasteiger partial charge in [0, 0.05) is 12.8 Å². The number of hydrogen-bond acceptors (Lipinski definition) is 4. The van der Waals surface area contributed by atoms with Crippen molar-refractivity contribution < 1.29 is 19.1 Å². The molecule has 4 nitrogen and oxygen atoms in total. The quantitative estimate of drug-likeness (QED) is 0.600. The molecule has 94 valence electrons. The third-order valence-corrected chi connectivity index (χ3v) is 2.20. The highest BCUT2D eigenvalue weighted by molar-refractivity contribution is 5.70. The lowest BCUT2D eigenvalue weighted by Crippen LogP contribution is -2.10. The Balaban J connectivity index is 3.53. The van der Waals surface area contributed by atoms with Gasteiger partial charge < -0.3 is 9.47 Å². The Morgan fingerprint density at radius 3 is 2.19 bits per heavy atom. The van der Waals surface area contributed by atoms with Crippen LogP contribution in [0.4, 0.5) is 0 Å². The summed E-state index contributed by atoms with van der Waals surface area (Å²) in [6, 6.07) is 0. The fourth-order valence-electron chi connectivity index (χ4n) is 1.43. The second-order valence-electron chi connectivity index (χ2n) is 3.81. The monoisotopic (exact) mass is 230 g/mol. The fourth-order valence-corrected chi connectivity index (χ4v) is 1.43. The van der Waals surface area contributed by atoms with Gasteiger partial charge in [-0.25, -0.2) is 0 Å². The van der Waals surface area contributed by atoms with Gasteiger partial charge in [0.2, 0.25) is 0 Å².